The lowest BCUT2D eigenvalue weighted by Crippen LogP contribution is -2.58. The SMILES string of the molecule is CC(C1CCC2C3CCC4CC(NC(=S)N(C)C5CCC6(C)C(CCC7C6CCC6(C)C7CCC6C(C)N(C)C)C5)CCC4(C)C3CCC21C)N(C)C. The molecule has 0 saturated heterocycles. The maximum absolute atomic E-state index is 6.31. The van der Waals surface area contributed by atoms with Gasteiger partial charge in [0.2, 0.25) is 0 Å². The minimum Gasteiger partial charge on any atom is -0.360 e. The fourth-order valence-electron chi connectivity index (χ4n) is 17.8. The molecule has 0 radical (unpaired) electrons. The van der Waals surface area contributed by atoms with Gasteiger partial charge in [0.1, 0.15) is 0 Å². The molecule has 4 nitrogen and oxygen atoms in total. The Morgan fingerprint density at radius 2 is 0.962 bits per heavy atom. The Labute approximate surface area is 333 Å². The topological polar surface area (TPSA) is 21.8 Å². The number of thiocarbonyl (C=S) groups is 1. The predicted molar refractivity (Wildman–Crippen MR) is 228 cm³/mol. The van der Waals surface area contributed by atoms with Gasteiger partial charge in [0.05, 0.1) is 0 Å². The molecule has 1 N–H and O–H groups in total. The summed E-state index contributed by atoms with van der Waals surface area (Å²) < 4.78 is 0. The number of hydrogen-bond acceptors (Lipinski definition) is 3. The molecule has 8 rings (SSSR count). The summed E-state index contributed by atoms with van der Waals surface area (Å²) in [4.78, 5) is 7.58. The van der Waals surface area contributed by atoms with Gasteiger partial charge in [0.15, 0.2) is 5.11 Å². The number of nitrogens with zero attached hydrogens (tertiary/aromatic N) is 3. The van der Waals surface area contributed by atoms with Crippen molar-refractivity contribution < 1.29 is 0 Å². The van der Waals surface area contributed by atoms with E-state index in [2.05, 4.69) is 96.8 Å². The number of rotatable bonds is 6. The molecule has 53 heavy (non-hydrogen) atoms. The summed E-state index contributed by atoms with van der Waals surface area (Å²) >= 11 is 6.31. The Bertz CT molecular complexity index is 1350. The lowest BCUT2D eigenvalue weighted by Gasteiger charge is -2.62. The van der Waals surface area contributed by atoms with Crippen LogP contribution in [0.25, 0.3) is 0 Å². The van der Waals surface area contributed by atoms with Crippen LogP contribution in [0.15, 0.2) is 0 Å². The van der Waals surface area contributed by atoms with Gasteiger partial charge >= 0.3 is 0 Å². The average molecular weight is 749 g/mol. The van der Waals surface area contributed by atoms with E-state index in [1.54, 1.807) is 0 Å². The van der Waals surface area contributed by atoms with Crippen molar-refractivity contribution in [2.75, 3.05) is 35.2 Å². The summed E-state index contributed by atoms with van der Waals surface area (Å²) in [7, 11) is 11.6. The van der Waals surface area contributed by atoms with E-state index in [0.29, 0.717) is 45.8 Å². The van der Waals surface area contributed by atoms with E-state index < -0.39 is 0 Å². The quantitative estimate of drug-likeness (QED) is 0.272. The van der Waals surface area contributed by atoms with Crippen molar-refractivity contribution in [2.45, 2.75) is 181 Å². The lowest BCUT2D eigenvalue weighted by atomic mass is 9.44. The van der Waals surface area contributed by atoms with Crippen LogP contribution < -0.4 is 5.32 Å². The average Bonchev–Trinajstić information content (AvgIpc) is 3.67. The van der Waals surface area contributed by atoms with Crippen molar-refractivity contribution in [1.82, 2.24) is 20.0 Å². The first-order valence-corrected chi connectivity index (χ1v) is 23.8. The zero-order valence-electron chi connectivity index (χ0n) is 36.6. The monoisotopic (exact) mass is 749 g/mol. The van der Waals surface area contributed by atoms with E-state index in [9.17, 15) is 0 Å². The molecular formula is C48H84N4S. The Kier molecular flexibility index (Phi) is 10.5. The highest BCUT2D eigenvalue weighted by Crippen LogP contribution is 2.70. The third-order valence-corrected chi connectivity index (χ3v) is 21.8. The molecule has 0 amide bonds. The zero-order valence-corrected chi connectivity index (χ0v) is 37.4. The maximum Gasteiger partial charge on any atom is 0.169 e. The van der Waals surface area contributed by atoms with Crippen molar-refractivity contribution in [3.05, 3.63) is 0 Å². The smallest absolute Gasteiger partial charge is 0.169 e. The van der Waals surface area contributed by atoms with E-state index in [1.165, 1.54) is 116 Å². The van der Waals surface area contributed by atoms with Gasteiger partial charge in [0.25, 0.3) is 0 Å². The second-order valence-electron chi connectivity index (χ2n) is 23.1. The van der Waals surface area contributed by atoms with Crippen molar-refractivity contribution in [3.8, 4) is 0 Å². The van der Waals surface area contributed by atoms with E-state index in [0.717, 1.165) is 64.3 Å². The third kappa shape index (κ3) is 6.16. The second kappa shape index (κ2) is 14.2. The fraction of sp³-hybridized carbons (Fsp3) is 0.979. The maximum atomic E-state index is 6.31. The van der Waals surface area contributed by atoms with Crippen LogP contribution in [0.1, 0.15) is 157 Å². The van der Waals surface area contributed by atoms with Gasteiger partial charge in [-0.2, -0.15) is 0 Å². The van der Waals surface area contributed by atoms with Gasteiger partial charge in [-0.1, -0.05) is 27.7 Å². The molecule has 8 aliphatic rings. The standard InChI is InChI=1S/C48H84N4S/c1-30(50(7)8)38-16-18-40-36-14-12-32-28-34(20-24-45(32,3)42(36)22-26-47(38,40)5)49-44(53)52(11)35-21-25-46(4)33(29-35)13-15-37-41-19-17-39(31(2)51(9)10)48(41,6)27-23-43(37)46/h30-43H,12-29H2,1-11H3,(H,49,53). The van der Waals surface area contributed by atoms with Crippen molar-refractivity contribution in [3.63, 3.8) is 0 Å². The van der Waals surface area contributed by atoms with Gasteiger partial charge in [-0.25, -0.2) is 0 Å². The minimum absolute atomic E-state index is 0.536. The Hall–Kier alpha value is -0.390. The second-order valence-corrected chi connectivity index (χ2v) is 23.5. The van der Waals surface area contributed by atoms with E-state index in [1.807, 2.05) is 0 Å². The minimum atomic E-state index is 0.536. The normalized spacial score (nSPS) is 51.6. The molecule has 8 fully saturated rings. The van der Waals surface area contributed by atoms with Crippen molar-refractivity contribution >= 4 is 17.3 Å². The summed E-state index contributed by atoms with van der Waals surface area (Å²) in [5.74, 6) is 9.25. The van der Waals surface area contributed by atoms with Crippen LogP contribution in [0.2, 0.25) is 0 Å². The van der Waals surface area contributed by atoms with Crippen LogP contribution in [0.5, 0.6) is 0 Å². The van der Waals surface area contributed by atoms with Gasteiger partial charge in [-0.15, -0.1) is 0 Å². The van der Waals surface area contributed by atoms with Crippen LogP contribution in [-0.2, 0) is 0 Å². The fourth-order valence-corrected chi connectivity index (χ4v) is 18.1. The molecule has 18 unspecified atom stereocenters. The van der Waals surface area contributed by atoms with Gasteiger partial charge < -0.3 is 20.0 Å². The number of fused-ring (bicyclic) bond motifs is 10. The molecule has 0 aromatic heterocycles. The summed E-state index contributed by atoms with van der Waals surface area (Å²) in [5, 5.41) is 5.10. The summed E-state index contributed by atoms with van der Waals surface area (Å²) in [6.07, 6.45) is 25.9. The van der Waals surface area contributed by atoms with Crippen LogP contribution in [0.4, 0.5) is 0 Å². The molecule has 302 valence electrons. The van der Waals surface area contributed by atoms with Crippen LogP contribution in [0.3, 0.4) is 0 Å². The van der Waals surface area contributed by atoms with Gasteiger partial charge in [-0.3, -0.25) is 0 Å². The molecular weight excluding hydrogens is 665 g/mol. The first-order chi connectivity index (χ1) is 25.0. The highest BCUT2D eigenvalue weighted by Gasteiger charge is 2.63. The number of nitrogens with one attached hydrogen (secondary N) is 1. The Balaban J connectivity index is 0.858. The Morgan fingerprint density at radius 1 is 0.528 bits per heavy atom. The molecule has 0 heterocycles. The first-order valence-electron chi connectivity index (χ1n) is 23.4. The van der Waals surface area contributed by atoms with Crippen LogP contribution >= 0.6 is 12.2 Å². The first kappa shape index (κ1) is 39.4. The lowest BCUT2D eigenvalue weighted by molar-refractivity contribution is -0.121. The van der Waals surface area contributed by atoms with E-state index >= 15 is 0 Å². The third-order valence-electron chi connectivity index (χ3n) is 21.4. The highest BCUT2D eigenvalue weighted by atomic mass is 32.1. The molecule has 5 heteroatoms. The van der Waals surface area contributed by atoms with Crippen LogP contribution in [-0.4, -0.2) is 79.2 Å². The molecule has 0 aromatic rings. The Morgan fingerprint density at radius 3 is 1.45 bits per heavy atom. The van der Waals surface area contributed by atoms with E-state index in [4.69, 9.17) is 12.2 Å². The zero-order chi connectivity index (χ0) is 37.8. The largest absolute Gasteiger partial charge is 0.360 e. The summed E-state index contributed by atoms with van der Waals surface area (Å²) in [6.45, 7) is 16.0. The predicted octanol–water partition coefficient (Wildman–Crippen LogP) is 10.7. The summed E-state index contributed by atoms with van der Waals surface area (Å²) in [6, 6.07) is 2.59. The molecule has 0 aromatic carbocycles. The summed E-state index contributed by atoms with van der Waals surface area (Å²) in [5.41, 5.74) is 2.19. The molecule has 0 spiro atoms. The van der Waals surface area contributed by atoms with Crippen molar-refractivity contribution in [2.24, 2.45) is 80.8 Å². The molecule has 18 atom stereocenters. The van der Waals surface area contributed by atoms with Gasteiger partial charge in [-0.05, 0) is 251 Å². The molecule has 8 saturated carbocycles. The highest BCUT2D eigenvalue weighted by molar-refractivity contribution is 7.80. The molecule has 0 aliphatic heterocycles. The van der Waals surface area contributed by atoms with E-state index in [-0.39, 0.29) is 0 Å². The van der Waals surface area contributed by atoms with Crippen LogP contribution in [0, 0.1) is 80.8 Å². The van der Waals surface area contributed by atoms with Crippen molar-refractivity contribution in [1.29, 1.82) is 0 Å². The molecule has 8 aliphatic carbocycles. The number of hydrogen-bond donors (Lipinski definition) is 1. The van der Waals surface area contributed by atoms with Gasteiger partial charge in [0, 0.05) is 31.2 Å². The molecule has 0 bridgehead atoms.